The van der Waals surface area contributed by atoms with Gasteiger partial charge in [-0.1, -0.05) is 18.2 Å². The second-order valence-electron chi connectivity index (χ2n) is 3.70. The third-order valence-electron chi connectivity index (χ3n) is 2.54. The van der Waals surface area contributed by atoms with Crippen molar-refractivity contribution in [3.8, 4) is 0 Å². The predicted molar refractivity (Wildman–Crippen MR) is 52.7 cm³/mol. The molecule has 80 valence electrons. The summed E-state index contributed by atoms with van der Waals surface area (Å²) >= 11 is 0. The fourth-order valence-corrected chi connectivity index (χ4v) is 1.55. The molecule has 0 heterocycles. The minimum absolute atomic E-state index is 0.300. The number of anilines is 1. The number of hydrogen-bond donors (Lipinski definition) is 1. The predicted octanol–water partition coefficient (Wildman–Crippen LogP) is 2.53. The molecule has 2 atom stereocenters. The lowest BCUT2D eigenvalue weighted by Gasteiger charge is -2.03. The highest BCUT2D eigenvalue weighted by Crippen LogP contribution is 2.43. The Bertz CT molecular complexity index is 353. The van der Waals surface area contributed by atoms with Gasteiger partial charge in [0.1, 0.15) is 0 Å². The van der Waals surface area contributed by atoms with Crippen LogP contribution >= 0.6 is 0 Å². The molecule has 1 aromatic carbocycles. The smallest absolute Gasteiger partial charge is 0.242 e. The number of nitrogens with one attached hydrogen (secondary N) is 1. The van der Waals surface area contributed by atoms with Crippen LogP contribution in [0, 0.1) is 11.8 Å². The number of hydrogen-bond acceptors (Lipinski definition) is 1. The van der Waals surface area contributed by atoms with Crippen molar-refractivity contribution < 1.29 is 13.6 Å². The summed E-state index contributed by atoms with van der Waals surface area (Å²) in [6.07, 6.45) is -2.08. The molecule has 2 nitrogen and oxygen atoms in total. The molecule has 0 spiro atoms. The molecule has 1 N–H and O–H groups in total. The summed E-state index contributed by atoms with van der Waals surface area (Å²) in [5.74, 6) is -1.55. The van der Waals surface area contributed by atoms with Crippen LogP contribution in [0.15, 0.2) is 30.3 Å². The summed E-state index contributed by atoms with van der Waals surface area (Å²) in [5.41, 5.74) is 0.655. The van der Waals surface area contributed by atoms with E-state index >= 15 is 0 Å². The highest BCUT2D eigenvalue weighted by Gasteiger charge is 2.48. The zero-order chi connectivity index (χ0) is 10.8. The van der Waals surface area contributed by atoms with Crippen LogP contribution in [0.3, 0.4) is 0 Å². The van der Waals surface area contributed by atoms with E-state index in [1.807, 2.05) is 6.07 Å². The summed E-state index contributed by atoms with van der Waals surface area (Å²) in [6, 6.07) is 8.87. The minimum atomic E-state index is -2.38. The van der Waals surface area contributed by atoms with Gasteiger partial charge in [-0.3, -0.25) is 4.79 Å². The van der Waals surface area contributed by atoms with Crippen molar-refractivity contribution in [2.75, 3.05) is 5.32 Å². The lowest BCUT2D eigenvalue weighted by atomic mass is 10.2. The molecule has 0 saturated heterocycles. The maximum Gasteiger partial charge on any atom is 0.242 e. The Kier molecular flexibility index (Phi) is 2.66. The molecule has 1 aromatic rings. The SMILES string of the molecule is O=C(Nc1ccccc1)[C@@H]1C[C@H]1C(F)F. The van der Waals surface area contributed by atoms with Crippen LogP contribution in [0.2, 0.25) is 0 Å². The Morgan fingerprint density at radius 2 is 2.00 bits per heavy atom. The maximum absolute atomic E-state index is 12.2. The number of carbonyl (C=O) groups is 1. The lowest BCUT2D eigenvalue weighted by molar-refractivity contribution is -0.118. The van der Waals surface area contributed by atoms with Gasteiger partial charge in [-0.2, -0.15) is 0 Å². The zero-order valence-electron chi connectivity index (χ0n) is 7.99. The first-order chi connectivity index (χ1) is 7.18. The molecule has 0 bridgehead atoms. The normalized spacial score (nSPS) is 23.9. The van der Waals surface area contributed by atoms with Crippen LogP contribution < -0.4 is 5.32 Å². The van der Waals surface area contributed by atoms with Crippen molar-refractivity contribution in [3.05, 3.63) is 30.3 Å². The number of para-hydroxylation sites is 1. The fourth-order valence-electron chi connectivity index (χ4n) is 1.55. The van der Waals surface area contributed by atoms with E-state index in [0.717, 1.165) is 0 Å². The molecule has 0 aliphatic heterocycles. The summed E-state index contributed by atoms with van der Waals surface area (Å²) in [4.78, 5) is 11.4. The van der Waals surface area contributed by atoms with Gasteiger partial charge >= 0.3 is 0 Å². The summed E-state index contributed by atoms with van der Waals surface area (Å²) in [7, 11) is 0. The second kappa shape index (κ2) is 3.96. The van der Waals surface area contributed by atoms with Crippen LogP contribution in [0.4, 0.5) is 14.5 Å². The summed E-state index contributed by atoms with van der Waals surface area (Å²) in [5, 5.41) is 2.62. The van der Waals surface area contributed by atoms with E-state index in [-0.39, 0.29) is 5.91 Å². The fraction of sp³-hybridized carbons (Fsp3) is 0.364. The highest BCUT2D eigenvalue weighted by atomic mass is 19.3. The number of halogens is 2. The van der Waals surface area contributed by atoms with Gasteiger partial charge in [-0.05, 0) is 18.6 Å². The highest BCUT2D eigenvalue weighted by molar-refractivity contribution is 5.94. The quantitative estimate of drug-likeness (QED) is 0.817. The van der Waals surface area contributed by atoms with E-state index in [0.29, 0.717) is 12.1 Å². The first kappa shape index (κ1) is 10.1. The molecule has 1 aliphatic carbocycles. The van der Waals surface area contributed by atoms with Gasteiger partial charge in [0.05, 0.1) is 0 Å². The zero-order valence-corrected chi connectivity index (χ0v) is 7.99. The molecule has 1 saturated carbocycles. The van der Waals surface area contributed by atoms with Crippen molar-refractivity contribution >= 4 is 11.6 Å². The van der Waals surface area contributed by atoms with E-state index in [9.17, 15) is 13.6 Å². The maximum atomic E-state index is 12.2. The van der Waals surface area contributed by atoms with Crippen molar-refractivity contribution in [1.29, 1.82) is 0 Å². The molecule has 15 heavy (non-hydrogen) atoms. The molecule has 0 radical (unpaired) electrons. The van der Waals surface area contributed by atoms with Crippen molar-refractivity contribution in [2.24, 2.45) is 11.8 Å². The van der Waals surface area contributed by atoms with Crippen LogP contribution in [-0.4, -0.2) is 12.3 Å². The Morgan fingerprint density at radius 1 is 1.33 bits per heavy atom. The molecule has 0 unspecified atom stereocenters. The average molecular weight is 211 g/mol. The van der Waals surface area contributed by atoms with Gasteiger partial charge in [0.15, 0.2) is 0 Å². The lowest BCUT2D eigenvalue weighted by Crippen LogP contribution is -2.16. The number of alkyl halides is 2. The molecule has 1 aliphatic rings. The van der Waals surface area contributed by atoms with E-state index < -0.39 is 18.3 Å². The van der Waals surface area contributed by atoms with E-state index in [4.69, 9.17) is 0 Å². The number of amides is 1. The minimum Gasteiger partial charge on any atom is -0.326 e. The van der Waals surface area contributed by atoms with E-state index in [2.05, 4.69) is 5.32 Å². The number of carbonyl (C=O) groups excluding carboxylic acids is 1. The van der Waals surface area contributed by atoms with Gasteiger partial charge in [-0.15, -0.1) is 0 Å². The molecule has 0 aromatic heterocycles. The first-order valence-electron chi connectivity index (χ1n) is 4.82. The Labute approximate surface area is 86.3 Å². The van der Waals surface area contributed by atoms with Gasteiger partial charge in [0, 0.05) is 17.5 Å². The van der Waals surface area contributed by atoms with Crippen LogP contribution in [0.25, 0.3) is 0 Å². The van der Waals surface area contributed by atoms with Crippen LogP contribution in [0.5, 0.6) is 0 Å². The first-order valence-corrected chi connectivity index (χ1v) is 4.82. The summed E-state index contributed by atoms with van der Waals surface area (Å²) in [6.45, 7) is 0. The third kappa shape index (κ3) is 2.32. The van der Waals surface area contributed by atoms with Crippen LogP contribution in [-0.2, 0) is 4.79 Å². The number of benzene rings is 1. The monoisotopic (exact) mass is 211 g/mol. The Hall–Kier alpha value is -1.45. The largest absolute Gasteiger partial charge is 0.326 e. The molecule has 2 rings (SSSR count). The third-order valence-corrected chi connectivity index (χ3v) is 2.54. The Morgan fingerprint density at radius 3 is 2.53 bits per heavy atom. The van der Waals surface area contributed by atoms with Crippen LogP contribution in [0.1, 0.15) is 6.42 Å². The van der Waals surface area contributed by atoms with Gasteiger partial charge < -0.3 is 5.32 Å². The molecular formula is C11H11F2NO. The second-order valence-corrected chi connectivity index (χ2v) is 3.70. The van der Waals surface area contributed by atoms with Crippen molar-refractivity contribution in [3.63, 3.8) is 0 Å². The molecular weight excluding hydrogens is 200 g/mol. The van der Waals surface area contributed by atoms with Crippen molar-refractivity contribution in [1.82, 2.24) is 0 Å². The topological polar surface area (TPSA) is 29.1 Å². The number of rotatable bonds is 3. The molecule has 4 heteroatoms. The summed E-state index contributed by atoms with van der Waals surface area (Å²) < 4.78 is 24.4. The van der Waals surface area contributed by atoms with Crippen molar-refractivity contribution in [2.45, 2.75) is 12.8 Å². The molecule has 1 fully saturated rings. The van der Waals surface area contributed by atoms with E-state index in [1.54, 1.807) is 24.3 Å². The van der Waals surface area contributed by atoms with Gasteiger partial charge in [0.25, 0.3) is 0 Å². The van der Waals surface area contributed by atoms with Gasteiger partial charge in [-0.25, -0.2) is 8.78 Å². The molecule has 1 amide bonds. The Balaban J connectivity index is 1.90. The van der Waals surface area contributed by atoms with Gasteiger partial charge in [0.2, 0.25) is 12.3 Å². The standard InChI is InChI=1S/C11H11F2NO/c12-10(13)8-6-9(8)11(15)14-7-4-2-1-3-5-7/h1-5,8-10H,6H2,(H,14,15)/t8-,9-/m1/s1. The average Bonchev–Trinajstić information content (AvgIpc) is 2.98. The van der Waals surface area contributed by atoms with E-state index in [1.165, 1.54) is 0 Å².